The van der Waals surface area contributed by atoms with Gasteiger partial charge in [0.05, 0.1) is 0 Å². The number of piperidine rings is 1. The summed E-state index contributed by atoms with van der Waals surface area (Å²) >= 11 is 0. The van der Waals surface area contributed by atoms with Crippen LogP contribution in [0.1, 0.15) is 18.4 Å². The van der Waals surface area contributed by atoms with Crippen molar-refractivity contribution in [1.29, 1.82) is 0 Å². The van der Waals surface area contributed by atoms with Crippen molar-refractivity contribution in [2.45, 2.75) is 31.5 Å². The van der Waals surface area contributed by atoms with Crippen LogP contribution in [0.5, 0.6) is 0 Å². The van der Waals surface area contributed by atoms with Gasteiger partial charge in [-0.05, 0) is 12.6 Å². The lowest BCUT2D eigenvalue weighted by Gasteiger charge is -2.48. The van der Waals surface area contributed by atoms with Crippen LogP contribution in [0.3, 0.4) is 0 Å². The second-order valence-electron chi connectivity index (χ2n) is 5.63. The molecule has 0 aromatic heterocycles. The second kappa shape index (κ2) is 4.82. The van der Waals surface area contributed by atoms with Gasteiger partial charge in [0.1, 0.15) is 5.78 Å². The summed E-state index contributed by atoms with van der Waals surface area (Å²) < 4.78 is 0. The highest BCUT2D eigenvalue weighted by atomic mass is 16.1. The maximum atomic E-state index is 11.7. The Morgan fingerprint density at radius 2 is 1.72 bits per heavy atom. The summed E-state index contributed by atoms with van der Waals surface area (Å²) in [6, 6.07) is 11.4. The summed E-state index contributed by atoms with van der Waals surface area (Å²) in [5.74, 6) is 0.447. The quantitative estimate of drug-likeness (QED) is 0.788. The zero-order valence-corrected chi connectivity index (χ0v) is 10.9. The second-order valence-corrected chi connectivity index (χ2v) is 5.63. The summed E-state index contributed by atoms with van der Waals surface area (Å²) in [5, 5.41) is 0. The monoisotopic (exact) mass is 244 g/mol. The van der Waals surface area contributed by atoms with Gasteiger partial charge >= 0.3 is 0 Å². The van der Waals surface area contributed by atoms with E-state index in [0.717, 1.165) is 32.5 Å². The van der Waals surface area contributed by atoms with Crippen LogP contribution in [0, 0.1) is 0 Å². The minimum atomic E-state index is 0.412. The first-order chi connectivity index (χ1) is 8.72. The van der Waals surface area contributed by atoms with Gasteiger partial charge in [-0.3, -0.25) is 9.69 Å². The van der Waals surface area contributed by atoms with Gasteiger partial charge in [0, 0.05) is 44.6 Å². The predicted molar refractivity (Wildman–Crippen MR) is 71.3 cm³/mol. The molecule has 2 heterocycles. The number of piperazine rings is 1. The van der Waals surface area contributed by atoms with Crippen molar-refractivity contribution < 1.29 is 4.79 Å². The van der Waals surface area contributed by atoms with Gasteiger partial charge in [-0.2, -0.15) is 0 Å². The molecule has 3 nitrogen and oxygen atoms in total. The zero-order chi connectivity index (χ0) is 12.5. The summed E-state index contributed by atoms with van der Waals surface area (Å²) in [6.45, 7) is 3.03. The molecule has 18 heavy (non-hydrogen) atoms. The average Bonchev–Trinajstić information content (AvgIpc) is 2.32. The van der Waals surface area contributed by atoms with E-state index in [1.54, 1.807) is 0 Å². The minimum Gasteiger partial charge on any atom is -0.303 e. The van der Waals surface area contributed by atoms with Crippen molar-refractivity contribution in [3.05, 3.63) is 35.9 Å². The highest BCUT2D eigenvalue weighted by Crippen LogP contribution is 2.27. The summed E-state index contributed by atoms with van der Waals surface area (Å²) in [7, 11) is 2.16. The van der Waals surface area contributed by atoms with Crippen LogP contribution >= 0.6 is 0 Å². The molecule has 0 amide bonds. The lowest BCUT2D eigenvalue weighted by Crippen LogP contribution is -2.61. The maximum absolute atomic E-state index is 11.7. The topological polar surface area (TPSA) is 23.6 Å². The first-order valence-electron chi connectivity index (χ1n) is 6.72. The van der Waals surface area contributed by atoms with Gasteiger partial charge in [-0.1, -0.05) is 30.3 Å². The fourth-order valence-corrected chi connectivity index (χ4v) is 3.33. The predicted octanol–water partition coefficient (Wildman–Crippen LogP) is 1.53. The Balaban J connectivity index is 1.77. The van der Waals surface area contributed by atoms with Crippen molar-refractivity contribution in [3.63, 3.8) is 0 Å². The molecule has 2 unspecified atom stereocenters. The molecule has 3 heteroatoms. The van der Waals surface area contributed by atoms with E-state index in [9.17, 15) is 4.79 Å². The molecule has 1 aromatic rings. The number of carbonyl (C=O) groups excluding carboxylic acids is 1. The van der Waals surface area contributed by atoms with Crippen molar-refractivity contribution in [3.8, 4) is 0 Å². The Morgan fingerprint density at radius 3 is 2.33 bits per heavy atom. The average molecular weight is 244 g/mol. The number of ketones is 1. The minimum absolute atomic E-state index is 0.412. The van der Waals surface area contributed by atoms with Gasteiger partial charge in [0.15, 0.2) is 0 Å². The summed E-state index contributed by atoms with van der Waals surface area (Å²) in [5.41, 5.74) is 1.35. The lowest BCUT2D eigenvalue weighted by molar-refractivity contribution is -0.129. The van der Waals surface area contributed by atoms with Crippen LogP contribution in [-0.2, 0) is 11.3 Å². The summed E-state index contributed by atoms with van der Waals surface area (Å²) in [6.07, 6.45) is 1.46. The van der Waals surface area contributed by atoms with Crippen molar-refractivity contribution in [2.24, 2.45) is 0 Å². The summed E-state index contributed by atoms with van der Waals surface area (Å²) in [4.78, 5) is 16.6. The third-order valence-corrected chi connectivity index (χ3v) is 4.12. The van der Waals surface area contributed by atoms with Crippen LogP contribution in [0.4, 0.5) is 0 Å². The number of nitrogens with zero attached hydrogens (tertiary/aromatic N) is 2. The van der Waals surface area contributed by atoms with Gasteiger partial charge in [-0.25, -0.2) is 0 Å². The van der Waals surface area contributed by atoms with E-state index in [1.165, 1.54) is 5.56 Å². The molecule has 2 aliphatic heterocycles. The Morgan fingerprint density at radius 1 is 1.11 bits per heavy atom. The highest BCUT2D eigenvalue weighted by molar-refractivity contribution is 5.80. The van der Waals surface area contributed by atoms with Crippen molar-refractivity contribution >= 4 is 5.78 Å². The molecule has 2 saturated heterocycles. The number of Topliss-reactive ketones (excluding diaryl/α,β-unsaturated/α-hetero) is 1. The third kappa shape index (κ3) is 2.33. The first-order valence-corrected chi connectivity index (χ1v) is 6.72. The molecular weight excluding hydrogens is 224 g/mol. The van der Waals surface area contributed by atoms with Crippen molar-refractivity contribution in [1.82, 2.24) is 9.80 Å². The van der Waals surface area contributed by atoms with Crippen LogP contribution in [0.15, 0.2) is 30.3 Å². The van der Waals surface area contributed by atoms with Crippen LogP contribution in [0.25, 0.3) is 0 Å². The van der Waals surface area contributed by atoms with Crippen LogP contribution in [0.2, 0.25) is 0 Å². The van der Waals surface area contributed by atoms with E-state index in [1.807, 2.05) is 0 Å². The van der Waals surface area contributed by atoms with E-state index >= 15 is 0 Å². The molecular formula is C15H20N2O. The number of benzene rings is 1. The standard InChI is InChI=1S/C15H20N2O/c1-16-10-13-7-15(18)8-14(11-16)17(13)9-12-5-3-2-4-6-12/h2-6,13-14H,7-11H2,1H3. The number of hydrogen-bond acceptors (Lipinski definition) is 3. The van der Waals surface area contributed by atoms with Crippen molar-refractivity contribution in [2.75, 3.05) is 20.1 Å². The largest absolute Gasteiger partial charge is 0.303 e. The van der Waals surface area contributed by atoms with E-state index in [2.05, 4.69) is 47.2 Å². The van der Waals surface area contributed by atoms with E-state index < -0.39 is 0 Å². The van der Waals surface area contributed by atoms with Gasteiger partial charge in [0.25, 0.3) is 0 Å². The zero-order valence-electron chi connectivity index (χ0n) is 10.9. The fraction of sp³-hybridized carbons (Fsp3) is 0.533. The maximum Gasteiger partial charge on any atom is 0.136 e. The number of carbonyl (C=O) groups is 1. The third-order valence-electron chi connectivity index (χ3n) is 4.12. The molecule has 1 aromatic carbocycles. The molecule has 0 N–H and O–H groups in total. The Bertz CT molecular complexity index is 413. The number of hydrogen-bond donors (Lipinski definition) is 0. The SMILES string of the molecule is CN1CC2CC(=O)CC(C1)N2Cc1ccccc1. The van der Waals surface area contributed by atoms with Gasteiger partial charge in [0.2, 0.25) is 0 Å². The molecule has 0 radical (unpaired) electrons. The van der Waals surface area contributed by atoms with Crippen LogP contribution < -0.4 is 0 Å². The first kappa shape index (κ1) is 11.9. The molecule has 2 atom stereocenters. The number of rotatable bonds is 2. The lowest BCUT2D eigenvalue weighted by atomic mass is 9.90. The Kier molecular flexibility index (Phi) is 3.18. The number of likely N-dealkylation sites (N-methyl/N-ethyl adjacent to an activating group) is 1. The smallest absolute Gasteiger partial charge is 0.136 e. The molecule has 2 bridgehead atoms. The van der Waals surface area contributed by atoms with E-state index in [-0.39, 0.29) is 0 Å². The fourth-order valence-electron chi connectivity index (χ4n) is 3.33. The molecule has 2 fully saturated rings. The highest BCUT2D eigenvalue weighted by Gasteiger charge is 2.39. The Hall–Kier alpha value is -1.19. The number of fused-ring (bicyclic) bond motifs is 2. The van der Waals surface area contributed by atoms with Gasteiger partial charge in [-0.15, -0.1) is 0 Å². The molecule has 0 aliphatic carbocycles. The molecule has 2 aliphatic rings. The van der Waals surface area contributed by atoms with E-state index in [0.29, 0.717) is 17.9 Å². The van der Waals surface area contributed by atoms with E-state index in [4.69, 9.17) is 0 Å². The van der Waals surface area contributed by atoms with Crippen LogP contribution in [-0.4, -0.2) is 47.8 Å². The molecule has 0 spiro atoms. The normalized spacial score (nSPS) is 29.5. The molecule has 0 saturated carbocycles. The molecule has 96 valence electrons. The Labute approximate surface area is 108 Å². The van der Waals surface area contributed by atoms with Gasteiger partial charge < -0.3 is 4.90 Å². The molecule has 3 rings (SSSR count). The number of likely N-dealkylation sites (tertiary alicyclic amines) is 1.